The monoisotopic (exact) mass is 456 g/mol. The maximum absolute atomic E-state index is 13.1. The number of rotatable bonds is 6. The summed E-state index contributed by atoms with van der Waals surface area (Å²) in [7, 11) is 0. The van der Waals surface area contributed by atoms with Crippen LogP contribution in [0.2, 0.25) is 0 Å². The lowest BCUT2D eigenvalue weighted by atomic mass is 10.0. The van der Waals surface area contributed by atoms with Crippen LogP contribution in [0, 0.1) is 13.8 Å². The maximum atomic E-state index is 13.1. The van der Waals surface area contributed by atoms with Crippen molar-refractivity contribution in [1.82, 2.24) is 10.2 Å². The van der Waals surface area contributed by atoms with Crippen molar-refractivity contribution in [1.29, 1.82) is 0 Å². The number of Topliss-reactive ketones (excluding diaryl/α,β-unsaturated/α-hetero) is 1. The van der Waals surface area contributed by atoms with Crippen molar-refractivity contribution in [3.05, 3.63) is 59.0 Å². The van der Waals surface area contributed by atoms with E-state index in [1.165, 1.54) is 22.9 Å². The quantitative estimate of drug-likeness (QED) is 0.525. The Bertz CT molecular complexity index is 1090. The molecule has 0 spiro atoms. The summed E-state index contributed by atoms with van der Waals surface area (Å²) >= 11 is 2.31. The minimum absolute atomic E-state index is 0.0584. The summed E-state index contributed by atoms with van der Waals surface area (Å²) in [6, 6.07) is 9.06. The molecule has 0 unspecified atom stereocenters. The van der Waals surface area contributed by atoms with Gasteiger partial charge in [-0.15, -0.1) is 10.2 Å². The minimum atomic E-state index is -0.601. The largest absolute Gasteiger partial charge is 0.467 e. The lowest BCUT2D eigenvalue weighted by Crippen LogP contribution is -2.32. The van der Waals surface area contributed by atoms with Crippen LogP contribution in [0.5, 0.6) is 0 Å². The van der Waals surface area contributed by atoms with Crippen molar-refractivity contribution < 1.29 is 18.8 Å². The molecule has 2 aromatic rings. The lowest BCUT2D eigenvalue weighted by molar-refractivity contribution is -0.126. The molecule has 2 aliphatic heterocycles. The fourth-order valence-electron chi connectivity index (χ4n) is 3.10. The number of hydrogen-bond acceptors (Lipinski definition) is 8. The second-order valence-corrected chi connectivity index (χ2v) is 9.29. The van der Waals surface area contributed by atoms with Crippen molar-refractivity contribution in [3.8, 4) is 0 Å². The number of furan rings is 1. The molecule has 8 nitrogen and oxygen atoms in total. The van der Waals surface area contributed by atoms with Gasteiger partial charge in [0.25, 0.3) is 5.24 Å². The zero-order valence-corrected chi connectivity index (χ0v) is 18.6. The molecule has 10 heteroatoms. The van der Waals surface area contributed by atoms with Crippen LogP contribution in [0.4, 0.5) is 4.79 Å². The van der Waals surface area contributed by atoms with Gasteiger partial charge in [-0.25, -0.2) is 0 Å². The number of amidine groups is 2. The first-order valence-electron chi connectivity index (χ1n) is 9.60. The topological polar surface area (TPSA) is 104 Å². The molecule has 0 bridgehead atoms. The predicted octanol–water partition coefficient (Wildman–Crippen LogP) is 3.74. The molecule has 0 saturated carbocycles. The Hall–Kier alpha value is -2.85. The summed E-state index contributed by atoms with van der Waals surface area (Å²) in [5.74, 6) is 1.12. The van der Waals surface area contributed by atoms with Crippen LogP contribution in [-0.4, -0.2) is 43.8 Å². The van der Waals surface area contributed by atoms with Gasteiger partial charge < -0.3 is 9.73 Å². The third-order valence-corrected chi connectivity index (χ3v) is 6.90. The van der Waals surface area contributed by atoms with E-state index in [0.717, 1.165) is 22.9 Å². The van der Waals surface area contributed by atoms with Gasteiger partial charge in [0.05, 0.1) is 23.8 Å². The molecule has 1 N–H and O–H groups in total. The van der Waals surface area contributed by atoms with Crippen molar-refractivity contribution in [3.63, 3.8) is 0 Å². The Kier molecular flexibility index (Phi) is 6.28. The molecule has 4 rings (SSSR count). The lowest BCUT2D eigenvalue weighted by Gasteiger charge is -2.14. The van der Waals surface area contributed by atoms with Crippen LogP contribution in [0.3, 0.4) is 0 Å². The number of benzene rings is 1. The molecule has 1 aromatic heterocycles. The van der Waals surface area contributed by atoms with E-state index in [-0.39, 0.29) is 29.9 Å². The van der Waals surface area contributed by atoms with E-state index in [9.17, 15) is 14.4 Å². The van der Waals surface area contributed by atoms with Crippen LogP contribution >= 0.6 is 23.5 Å². The molecular weight excluding hydrogens is 436 g/mol. The fourth-order valence-corrected chi connectivity index (χ4v) is 4.78. The van der Waals surface area contributed by atoms with E-state index < -0.39 is 5.25 Å². The Morgan fingerprint density at radius 3 is 2.74 bits per heavy atom. The number of carbonyl (C=O) groups is 3. The highest BCUT2D eigenvalue weighted by Crippen LogP contribution is 2.32. The summed E-state index contributed by atoms with van der Waals surface area (Å²) in [4.78, 5) is 38.7. The van der Waals surface area contributed by atoms with Gasteiger partial charge in [-0.2, -0.15) is 0 Å². The van der Waals surface area contributed by atoms with Gasteiger partial charge >= 0.3 is 0 Å². The van der Waals surface area contributed by atoms with Crippen LogP contribution in [0.15, 0.2) is 51.2 Å². The van der Waals surface area contributed by atoms with E-state index in [1.54, 1.807) is 18.2 Å². The molecular formula is C21H20N4O4S2. The number of ketones is 1. The number of amides is 2. The molecule has 0 radical (unpaired) electrons. The van der Waals surface area contributed by atoms with E-state index in [0.29, 0.717) is 28.1 Å². The number of nitrogens with one attached hydrogen (secondary N) is 1. The molecule has 0 aliphatic carbocycles. The number of nitrogens with zero attached hydrogens (tertiary/aromatic N) is 3. The van der Waals surface area contributed by atoms with Crippen molar-refractivity contribution >= 4 is 51.5 Å². The summed E-state index contributed by atoms with van der Waals surface area (Å²) in [5.41, 5.74) is 2.73. The summed E-state index contributed by atoms with van der Waals surface area (Å²) in [6.45, 7) is 4.14. The van der Waals surface area contributed by atoms with E-state index in [4.69, 9.17) is 4.42 Å². The molecule has 2 amide bonds. The van der Waals surface area contributed by atoms with Crippen LogP contribution < -0.4 is 5.32 Å². The molecule has 1 atom stereocenters. The molecule has 160 valence electrons. The maximum Gasteiger partial charge on any atom is 0.284 e. The van der Waals surface area contributed by atoms with Gasteiger partial charge in [0.15, 0.2) is 11.0 Å². The number of aryl methyl sites for hydroxylation is 2. The molecule has 2 fully saturated rings. The average Bonchev–Trinajstić information content (AvgIpc) is 3.47. The van der Waals surface area contributed by atoms with Crippen LogP contribution in [0.1, 0.15) is 33.7 Å². The zero-order chi connectivity index (χ0) is 22.0. The number of carbonyl (C=O) groups excluding carboxylic acids is 3. The first-order valence-corrected chi connectivity index (χ1v) is 11.5. The Morgan fingerprint density at radius 1 is 1.23 bits per heavy atom. The summed E-state index contributed by atoms with van der Waals surface area (Å²) in [5, 5.41) is 10.5. The summed E-state index contributed by atoms with van der Waals surface area (Å²) < 4.78 is 5.37. The highest BCUT2D eigenvalue weighted by atomic mass is 32.2. The SMILES string of the molecule is Cc1ccc(C(=O)C[C@H]2S/C(=N\N=C3/CSC(=O)N3)N(Cc3ccco3)C2=O)cc1C. The highest BCUT2D eigenvalue weighted by molar-refractivity contribution is 8.15. The van der Waals surface area contributed by atoms with Crippen LogP contribution in [-0.2, 0) is 11.3 Å². The first-order chi connectivity index (χ1) is 14.9. The Balaban J connectivity index is 1.54. The average molecular weight is 457 g/mol. The molecule has 1 aromatic carbocycles. The van der Waals surface area contributed by atoms with Gasteiger partial charge in [0, 0.05) is 12.0 Å². The smallest absolute Gasteiger partial charge is 0.284 e. The molecule has 31 heavy (non-hydrogen) atoms. The van der Waals surface area contributed by atoms with Crippen LogP contribution in [0.25, 0.3) is 0 Å². The minimum Gasteiger partial charge on any atom is -0.467 e. The Morgan fingerprint density at radius 2 is 2.06 bits per heavy atom. The molecule has 2 saturated heterocycles. The van der Waals surface area contributed by atoms with Gasteiger partial charge in [-0.05, 0) is 43.2 Å². The van der Waals surface area contributed by atoms with Gasteiger partial charge in [-0.3, -0.25) is 19.3 Å². The molecule has 3 heterocycles. The number of hydrogen-bond donors (Lipinski definition) is 1. The summed E-state index contributed by atoms with van der Waals surface area (Å²) in [6.07, 6.45) is 1.59. The Labute approximate surface area is 187 Å². The van der Waals surface area contributed by atoms with E-state index in [1.807, 2.05) is 26.0 Å². The third kappa shape index (κ3) is 4.91. The van der Waals surface area contributed by atoms with Crippen molar-refractivity contribution in [2.24, 2.45) is 10.2 Å². The second-order valence-electron chi connectivity index (χ2n) is 7.17. The zero-order valence-electron chi connectivity index (χ0n) is 17.0. The standard InChI is InChI=1S/C21H20N4O4S2/c1-12-5-6-14(8-13(12)2)16(26)9-17-19(27)25(10-15-4-3-7-29-15)20(31-17)24-23-18-11-30-21(28)22-18/h3-8,17H,9-11H2,1-2H3,(H,22,23,28)/b24-20-/t17-/m1/s1. The van der Waals surface area contributed by atoms with Gasteiger partial charge in [-0.1, -0.05) is 35.7 Å². The highest BCUT2D eigenvalue weighted by Gasteiger charge is 2.40. The van der Waals surface area contributed by atoms with Crippen molar-refractivity contribution in [2.45, 2.75) is 32.1 Å². The van der Waals surface area contributed by atoms with E-state index >= 15 is 0 Å². The van der Waals surface area contributed by atoms with Gasteiger partial charge in [0.2, 0.25) is 5.91 Å². The fraction of sp³-hybridized carbons (Fsp3) is 0.286. The molecule has 2 aliphatic rings. The second kappa shape index (κ2) is 9.11. The normalized spacial score (nSPS) is 21.4. The third-order valence-electron chi connectivity index (χ3n) is 4.96. The predicted molar refractivity (Wildman–Crippen MR) is 121 cm³/mol. The number of thioether (sulfide) groups is 2. The van der Waals surface area contributed by atoms with E-state index in [2.05, 4.69) is 15.5 Å². The van der Waals surface area contributed by atoms with Gasteiger partial charge in [0.1, 0.15) is 11.6 Å². The van der Waals surface area contributed by atoms with Crippen molar-refractivity contribution in [2.75, 3.05) is 5.75 Å². The first kappa shape index (κ1) is 21.4.